The summed E-state index contributed by atoms with van der Waals surface area (Å²) in [6.07, 6.45) is 3.92. The van der Waals surface area contributed by atoms with Gasteiger partial charge in [0.15, 0.2) is 0 Å². The number of benzene rings is 1. The van der Waals surface area contributed by atoms with Gasteiger partial charge in [-0.25, -0.2) is 0 Å². The first-order valence-corrected chi connectivity index (χ1v) is 7.58. The van der Waals surface area contributed by atoms with E-state index < -0.39 is 0 Å². The smallest absolute Gasteiger partial charge is 0.311 e. The first kappa shape index (κ1) is 15.0. The van der Waals surface area contributed by atoms with Gasteiger partial charge in [0.05, 0.1) is 12.0 Å². The normalized spacial score (nSPS) is 26.2. The van der Waals surface area contributed by atoms with E-state index in [9.17, 15) is 4.79 Å². The lowest BCUT2D eigenvalue weighted by molar-refractivity contribution is -0.156. The second kappa shape index (κ2) is 6.89. The van der Waals surface area contributed by atoms with Crippen molar-refractivity contribution in [3.05, 3.63) is 35.9 Å². The summed E-state index contributed by atoms with van der Waals surface area (Å²) in [4.78, 5) is 12.0. The molecule has 1 aromatic carbocycles. The third kappa shape index (κ3) is 3.83. The fourth-order valence-electron chi connectivity index (χ4n) is 2.83. The lowest BCUT2D eigenvalue weighted by Crippen LogP contribution is -2.40. The van der Waals surface area contributed by atoms with Crippen LogP contribution in [-0.2, 0) is 16.1 Å². The Hall–Kier alpha value is -1.35. The van der Waals surface area contributed by atoms with Crippen molar-refractivity contribution in [1.82, 2.24) is 5.32 Å². The molecular formula is C17H25NO2. The van der Waals surface area contributed by atoms with Crippen LogP contribution >= 0.6 is 0 Å². The molecule has 0 saturated heterocycles. The molecule has 110 valence electrons. The maximum Gasteiger partial charge on any atom is 0.311 e. The number of carbonyl (C=O) groups is 1. The molecule has 0 radical (unpaired) electrons. The van der Waals surface area contributed by atoms with Gasteiger partial charge in [-0.1, -0.05) is 30.3 Å². The molecular weight excluding hydrogens is 250 g/mol. The number of rotatable bonds is 5. The molecule has 1 aliphatic rings. The van der Waals surface area contributed by atoms with Crippen LogP contribution in [0.1, 0.15) is 45.1 Å². The van der Waals surface area contributed by atoms with E-state index in [1.54, 1.807) is 0 Å². The predicted molar refractivity (Wildman–Crippen MR) is 80.3 cm³/mol. The van der Waals surface area contributed by atoms with Gasteiger partial charge in [0.2, 0.25) is 0 Å². The Morgan fingerprint density at radius 1 is 1.30 bits per heavy atom. The Morgan fingerprint density at radius 2 is 1.95 bits per heavy atom. The topological polar surface area (TPSA) is 38.3 Å². The monoisotopic (exact) mass is 275 g/mol. The molecule has 0 atom stereocenters. The summed E-state index contributed by atoms with van der Waals surface area (Å²) >= 11 is 0. The SMILES string of the molecule is CCOC(=O)C1(C)CCC(NCc2ccccc2)CC1. The van der Waals surface area contributed by atoms with Crippen LogP contribution in [0.4, 0.5) is 0 Å². The molecule has 0 aromatic heterocycles. The Bertz CT molecular complexity index is 422. The molecule has 2 rings (SSSR count). The predicted octanol–water partition coefficient (Wildman–Crippen LogP) is 3.29. The molecule has 20 heavy (non-hydrogen) atoms. The van der Waals surface area contributed by atoms with Gasteiger partial charge in [0, 0.05) is 12.6 Å². The van der Waals surface area contributed by atoms with Crippen LogP contribution < -0.4 is 5.32 Å². The van der Waals surface area contributed by atoms with Gasteiger partial charge in [0.25, 0.3) is 0 Å². The summed E-state index contributed by atoms with van der Waals surface area (Å²) in [6.45, 7) is 5.29. The maximum absolute atomic E-state index is 12.0. The average molecular weight is 275 g/mol. The van der Waals surface area contributed by atoms with Crippen molar-refractivity contribution in [3.8, 4) is 0 Å². The Morgan fingerprint density at radius 3 is 2.55 bits per heavy atom. The van der Waals surface area contributed by atoms with Gasteiger partial charge in [-0.15, -0.1) is 0 Å². The van der Waals surface area contributed by atoms with E-state index in [0.717, 1.165) is 32.2 Å². The molecule has 3 heteroatoms. The molecule has 1 aromatic rings. The lowest BCUT2D eigenvalue weighted by atomic mass is 9.74. The summed E-state index contributed by atoms with van der Waals surface area (Å²) in [5.74, 6) is -0.0264. The molecule has 0 aliphatic heterocycles. The third-order valence-corrected chi connectivity index (χ3v) is 4.30. The molecule has 1 fully saturated rings. The number of hydrogen-bond donors (Lipinski definition) is 1. The number of ether oxygens (including phenoxy) is 1. The van der Waals surface area contributed by atoms with Crippen molar-refractivity contribution in [2.45, 2.75) is 52.1 Å². The highest BCUT2D eigenvalue weighted by molar-refractivity contribution is 5.76. The second-order valence-electron chi connectivity index (χ2n) is 5.92. The fourth-order valence-corrected chi connectivity index (χ4v) is 2.83. The third-order valence-electron chi connectivity index (χ3n) is 4.30. The van der Waals surface area contributed by atoms with Gasteiger partial charge in [-0.3, -0.25) is 4.79 Å². The molecule has 1 aliphatic carbocycles. The van der Waals surface area contributed by atoms with Crippen LogP contribution in [0.3, 0.4) is 0 Å². The van der Waals surface area contributed by atoms with Crippen LogP contribution in [0, 0.1) is 5.41 Å². The zero-order chi connectivity index (χ0) is 14.4. The van der Waals surface area contributed by atoms with E-state index in [1.807, 2.05) is 19.9 Å². The van der Waals surface area contributed by atoms with Gasteiger partial charge < -0.3 is 10.1 Å². The summed E-state index contributed by atoms with van der Waals surface area (Å²) in [6, 6.07) is 11.0. The minimum absolute atomic E-state index is 0.0264. The van der Waals surface area contributed by atoms with E-state index >= 15 is 0 Å². The maximum atomic E-state index is 12.0. The lowest BCUT2D eigenvalue weighted by Gasteiger charge is -2.35. The Kier molecular flexibility index (Phi) is 5.18. The van der Waals surface area contributed by atoms with E-state index in [2.05, 4.69) is 29.6 Å². The highest BCUT2D eigenvalue weighted by atomic mass is 16.5. The quantitative estimate of drug-likeness (QED) is 0.838. The minimum Gasteiger partial charge on any atom is -0.466 e. The summed E-state index contributed by atoms with van der Waals surface area (Å²) in [5, 5.41) is 3.59. The Labute approximate surface area is 121 Å². The molecule has 0 heterocycles. The van der Waals surface area contributed by atoms with Crippen molar-refractivity contribution in [2.75, 3.05) is 6.61 Å². The largest absolute Gasteiger partial charge is 0.466 e. The highest BCUT2D eigenvalue weighted by Crippen LogP contribution is 2.37. The zero-order valence-electron chi connectivity index (χ0n) is 12.5. The first-order valence-electron chi connectivity index (χ1n) is 7.58. The van der Waals surface area contributed by atoms with Crippen molar-refractivity contribution < 1.29 is 9.53 Å². The van der Waals surface area contributed by atoms with Crippen molar-refractivity contribution in [3.63, 3.8) is 0 Å². The van der Waals surface area contributed by atoms with Crippen LogP contribution in [-0.4, -0.2) is 18.6 Å². The highest BCUT2D eigenvalue weighted by Gasteiger charge is 2.38. The van der Waals surface area contributed by atoms with E-state index in [4.69, 9.17) is 4.74 Å². The number of carbonyl (C=O) groups excluding carboxylic acids is 1. The van der Waals surface area contributed by atoms with Gasteiger partial charge >= 0.3 is 5.97 Å². The molecule has 1 N–H and O–H groups in total. The van der Waals surface area contributed by atoms with E-state index in [1.165, 1.54) is 5.56 Å². The molecule has 3 nitrogen and oxygen atoms in total. The Balaban J connectivity index is 1.78. The zero-order valence-corrected chi connectivity index (χ0v) is 12.5. The fraction of sp³-hybridized carbons (Fsp3) is 0.588. The summed E-state index contributed by atoms with van der Waals surface area (Å²) in [5.41, 5.74) is 1.03. The van der Waals surface area contributed by atoms with Crippen LogP contribution in [0.2, 0.25) is 0 Å². The van der Waals surface area contributed by atoms with Crippen molar-refractivity contribution >= 4 is 5.97 Å². The summed E-state index contributed by atoms with van der Waals surface area (Å²) in [7, 11) is 0. The molecule has 1 saturated carbocycles. The summed E-state index contributed by atoms with van der Waals surface area (Å²) < 4.78 is 5.19. The van der Waals surface area contributed by atoms with Crippen LogP contribution in [0.15, 0.2) is 30.3 Å². The standard InChI is InChI=1S/C17H25NO2/c1-3-20-16(19)17(2)11-9-15(10-12-17)18-13-14-7-5-4-6-8-14/h4-8,15,18H,3,9-13H2,1-2H3. The van der Waals surface area contributed by atoms with E-state index in [-0.39, 0.29) is 11.4 Å². The second-order valence-corrected chi connectivity index (χ2v) is 5.92. The minimum atomic E-state index is -0.277. The molecule has 0 amide bonds. The first-order chi connectivity index (χ1) is 9.64. The number of nitrogens with one attached hydrogen (secondary N) is 1. The van der Waals surface area contributed by atoms with Gasteiger partial charge in [-0.05, 0) is 45.1 Å². The van der Waals surface area contributed by atoms with Gasteiger partial charge in [-0.2, -0.15) is 0 Å². The molecule has 0 spiro atoms. The van der Waals surface area contributed by atoms with Gasteiger partial charge in [0.1, 0.15) is 0 Å². The van der Waals surface area contributed by atoms with Crippen LogP contribution in [0.25, 0.3) is 0 Å². The number of hydrogen-bond acceptors (Lipinski definition) is 3. The molecule has 0 unspecified atom stereocenters. The number of esters is 1. The average Bonchev–Trinajstić information content (AvgIpc) is 2.48. The van der Waals surface area contributed by atoms with Crippen molar-refractivity contribution in [2.24, 2.45) is 5.41 Å². The van der Waals surface area contributed by atoms with E-state index in [0.29, 0.717) is 12.6 Å². The van der Waals surface area contributed by atoms with Crippen LogP contribution in [0.5, 0.6) is 0 Å². The molecule has 0 bridgehead atoms. The van der Waals surface area contributed by atoms with Crippen molar-refractivity contribution in [1.29, 1.82) is 0 Å².